The van der Waals surface area contributed by atoms with Gasteiger partial charge in [0.1, 0.15) is 0 Å². The van der Waals surface area contributed by atoms with Crippen LogP contribution in [0.3, 0.4) is 0 Å². The van der Waals surface area contributed by atoms with E-state index in [0.29, 0.717) is 32.8 Å². The number of likely N-dealkylation sites (N-methyl/N-ethyl adjacent to an activating group) is 1. The largest absolute Gasteiger partial charge is 0.480 e. The molecule has 1 aromatic rings. The molecule has 0 saturated carbocycles. The number of carboxylic acid groups (broad SMARTS) is 1. The molecule has 1 aromatic carbocycles. The zero-order valence-electron chi connectivity index (χ0n) is 15.3. The molecule has 1 atom stereocenters. The van der Waals surface area contributed by atoms with Crippen LogP contribution in [0.25, 0.3) is 0 Å². The van der Waals surface area contributed by atoms with E-state index in [1.165, 1.54) is 4.90 Å². The van der Waals surface area contributed by atoms with Crippen molar-refractivity contribution in [1.82, 2.24) is 15.1 Å². The van der Waals surface area contributed by atoms with Crippen molar-refractivity contribution >= 4 is 23.8 Å². The van der Waals surface area contributed by atoms with E-state index >= 15 is 0 Å². The van der Waals surface area contributed by atoms with Crippen molar-refractivity contribution in [2.24, 2.45) is 0 Å². The second kappa shape index (κ2) is 10.4. The van der Waals surface area contributed by atoms with Gasteiger partial charge in [0.25, 0.3) is 0 Å². The van der Waals surface area contributed by atoms with E-state index in [4.69, 9.17) is 9.84 Å². The van der Waals surface area contributed by atoms with E-state index in [1.54, 1.807) is 28.6 Å². The van der Waals surface area contributed by atoms with Gasteiger partial charge in [0.15, 0.2) is 0 Å². The minimum Gasteiger partial charge on any atom is -0.480 e. The van der Waals surface area contributed by atoms with Gasteiger partial charge in [0, 0.05) is 31.1 Å². The van der Waals surface area contributed by atoms with Crippen molar-refractivity contribution in [3.05, 3.63) is 29.8 Å². The third kappa shape index (κ3) is 6.86. The molecule has 26 heavy (non-hydrogen) atoms. The highest BCUT2D eigenvalue weighted by molar-refractivity contribution is 7.99. The zero-order valence-corrected chi connectivity index (χ0v) is 16.1. The average molecular weight is 381 g/mol. The molecule has 8 heteroatoms. The quantitative estimate of drug-likeness (QED) is 0.668. The van der Waals surface area contributed by atoms with E-state index in [2.05, 4.69) is 24.4 Å². The van der Waals surface area contributed by atoms with Crippen LogP contribution >= 0.6 is 11.8 Å². The van der Waals surface area contributed by atoms with Crippen LogP contribution in [0.5, 0.6) is 0 Å². The summed E-state index contributed by atoms with van der Waals surface area (Å²) in [6.45, 7) is 4.49. The molecular weight excluding hydrogens is 354 g/mol. The summed E-state index contributed by atoms with van der Waals surface area (Å²) in [6, 6.07) is 8.05. The van der Waals surface area contributed by atoms with Gasteiger partial charge in [-0.1, -0.05) is 19.1 Å². The van der Waals surface area contributed by atoms with Crippen molar-refractivity contribution in [1.29, 1.82) is 0 Å². The van der Waals surface area contributed by atoms with Crippen LogP contribution in [0.15, 0.2) is 29.2 Å². The summed E-state index contributed by atoms with van der Waals surface area (Å²) in [7, 11) is 1.73. The molecule has 1 heterocycles. The lowest BCUT2D eigenvalue weighted by Gasteiger charge is -2.34. The minimum absolute atomic E-state index is 0.0435. The van der Waals surface area contributed by atoms with Crippen LogP contribution in [0, 0.1) is 0 Å². The summed E-state index contributed by atoms with van der Waals surface area (Å²) in [4.78, 5) is 27.8. The molecule has 144 valence electrons. The number of carbonyl (C=O) groups is 2. The van der Waals surface area contributed by atoms with Crippen molar-refractivity contribution < 1.29 is 19.4 Å². The fraction of sp³-hybridized carbons (Fsp3) is 0.556. The predicted octanol–water partition coefficient (Wildman–Crippen LogP) is 1.73. The number of thioether (sulfide) groups is 1. The third-order valence-corrected chi connectivity index (χ3v) is 4.88. The monoisotopic (exact) mass is 381 g/mol. The van der Waals surface area contributed by atoms with Crippen LogP contribution in [0.1, 0.15) is 12.5 Å². The molecule has 2 rings (SSSR count). The number of morpholine rings is 1. The maximum absolute atomic E-state index is 12.4. The molecule has 2 N–H and O–H groups in total. The van der Waals surface area contributed by atoms with Gasteiger partial charge < -0.3 is 20.1 Å². The Morgan fingerprint density at radius 3 is 3.00 bits per heavy atom. The number of urea groups is 1. The summed E-state index contributed by atoms with van der Waals surface area (Å²) in [5.74, 6) is 0.141. The molecule has 1 unspecified atom stereocenters. The second-order valence-electron chi connectivity index (χ2n) is 6.27. The molecule has 2 amide bonds. The van der Waals surface area contributed by atoms with Gasteiger partial charge in [0.2, 0.25) is 0 Å². The van der Waals surface area contributed by atoms with Crippen LogP contribution in [0.4, 0.5) is 4.79 Å². The van der Waals surface area contributed by atoms with E-state index in [0.717, 1.165) is 11.3 Å². The lowest BCUT2D eigenvalue weighted by atomic mass is 10.2. The number of carboxylic acids is 1. The maximum atomic E-state index is 12.4. The molecule has 1 aliphatic heterocycles. The van der Waals surface area contributed by atoms with Crippen molar-refractivity contribution in [3.8, 4) is 0 Å². The van der Waals surface area contributed by atoms with Gasteiger partial charge in [-0.15, -0.1) is 11.8 Å². The summed E-state index contributed by atoms with van der Waals surface area (Å²) in [5, 5.41) is 11.8. The fourth-order valence-electron chi connectivity index (χ4n) is 2.86. The van der Waals surface area contributed by atoms with E-state index < -0.39 is 5.97 Å². The van der Waals surface area contributed by atoms with Gasteiger partial charge in [0.05, 0.1) is 19.3 Å². The Balaban J connectivity index is 1.81. The molecular formula is C18H27N3O4S. The lowest BCUT2D eigenvalue weighted by Crippen LogP contribution is -2.52. The van der Waals surface area contributed by atoms with Gasteiger partial charge in [-0.25, -0.2) is 4.79 Å². The first-order chi connectivity index (χ1) is 12.5. The first-order valence-corrected chi connectivity index (χ1v) is 9.73. The molecule has 0 spiro atoms. The molecule has 0 radical (unpaired) electrons. The number of aliphatic carboxylic acids is 1. The average Bonchev–Trinajstić information content (AvgIpc) is 2.60. The molecule has 0 bridgehead atoms. The van der Waals surface area contributed by atoms with Crippen molar-refractivity contribution in [3.63, 3.8) is 0 Å². The molecule has 1 aliphatic rings. The lowest BCUT2D eigenvalue weighted by molar-refractivity contribution is -0.138. The Bertz CT molecular complexity index is 614. The Kier molecular flexibility index (Phi) is 8.21. The molecule has 0 aromatic heterocycles. The first kappa shape index (κ1) is 20.5. The highest BCUT2D eigenvalue weighted by atomic mass is 32.2. The number of benzene rings is 1. The first-order valence-electron chi connectivity index (χ1n) is 8.74. The number of nitrogens with one attached hydrogen (secondary N) is 1. The number of nitrogens with zero attached hydrogens (tertiary/aromatic N) is 2. The van der Waals surface area contributed by atoms with Gasteiger partial charge in [-0.2, -0.15) is 0 Å². The number of hydrogen-bond donors (Lipinski definition) is 2. The summed E-state index contributed by atoms with van der Waals surface area (Å²) in [5.41, 5.74) is 1.07. The van der Waals surface area contributed by atoms with Crippen LogP contribution < -0.4 is 5.32 Å². The minimum atomic E-state index is -0.874. The van der Waals surface area contributed by atoms with Crippen molar-refractivity contribution in [2.45, 2.75) is 24.5 Å². The number of carbonyl (C=O) groups excluding carboxylic acids is 1. The number of amides is 2. The molecule has 1 fully saturated rings. The van der Waals surface area contributed by atoms with Crippen molar-refractivity contribution in [2.75, 3.05) is 45.6 Å². The zero-order chi connectivity index (χ0) is 18.9. The second-order valence-corrected chi connectivity index (χ2v) is 7.61. The van der Waals surface area contributed by atoms with Crippen LogP contribution in [-0.2, 0) is 16.1 Å². The summed E-state index contributed by atoms with van der Waals surface area (Å²) in [6.07, 6.45) is -0.178. The number of rotatable bonds is 8. The number of ether oxygens (including phenoxy) is 1. The Labute approximate surface area is 158 Å². The van der Waals surface area contributed by atoms with Crippen LogP contribution in [-0.4, -0.2) is 78.6 Å². The highest BCUT2D eigenvalue weighted by Gasteiger charge is 2.25. The Morgan fingerprint density at radius 1 is 1.46 bits per heavy atom. The van der Waals surface area contributed by atoms with E-state index in [9.17, 15) is 9.59 Å². The van der Waals surface area contributed by atoms with Crippen LogP contribution in [0.2, 0.25) is 0 Å². The standard InChI is InChI=1S/C18H27N3O4S/c1-3-26-16-6-4-5-14(9-16)10-19-18(24)21-7-8-25-15(12-21)11-20(2)13-17(22)23/h4-6,9,15H,3,7-8,10-13H2,1-2H3,(H,19,24)(H,22,23). The SMILES string of the molecule is CCSc1cccc(CNC(=O)N2CCOC(CN(C)CC(=O)O)C2)c1. The number of hydrogen-bond acceptors (Lipinski definition) is 5. The van der Waals surface area contributed by atoms with Gasteiger partial charge in [-0.05, 0) is 30.5 Å². The topological polar surface area (TPSA) is 82.1 Å². The summed E-state index contributed by atoms with van der Waals surface area (Å²) >= 11 is 1.78. The predicted molar refractivity (Wildman–Crippen MR) is 102 cm³/mol. The van der Waals surface area contributed by atoms with E-state index in [1.807, 2.05) is 12.1 Å². The van der Waals surface area contributed by atoms with Gasteiger partial charge in [-0.3, -0.25) is 9.69 Å². The fourth-order valence-corrected chi connectivity index (χ4v) is 3.60. The van der Waals surface area contributed by atoms with Gasteiger partial charge >= 0.3 is 12.0 Å². The smallest absolute Gasteiger partial charge is 0.317 e. The normalized spacial score (nSPS) is 17.3. The molecule has 0 aliphatic carbocycles. The third-order valence-electron chi connectivity index (χ3n) is 4.00. The maximum Gasteiger partial charge on any atom is 0.317 e. The Hall–Kier alpha value is -1.77. The van der Waals surface area contributed by atoms with E-state index in [-0.39, 0.29) is 18.7 Å². The highest BCUT2D eigenvalue weighted by Crippen LogP contribution is 2.18. The molecule has 1 saturated heterocycles. The Morgan fingerprint density at radius 2 is 2.27 bits per heavy atom. The summed E-state index contributed by atoms with van der Waals surface area (Å²) < 4.78 is 5.66. The molecule has 7 nitrogen and oxygen atoms in total.